The zero-order valence-corrected chi connectivity index (χ0v) is 17.9. The van der Waals surface area contributed by atoms with E-state index in [9.17, 15) is 9.59 Å². The van der Waals surface area contributed by atoms with E-state index in [1.165, 1.54) is 4.52 Å². The highest BCUT2D eigenvalue weighted by atomic mass is 16.5. The van der Waals surface area contributed by atoms with E-state index in [0.717, 1.165) is 28.3 Å². The number of nitrogens with one attached hydrogen (secondary N) is 1. The molecule has 0 atom stereocenters. The summed E-state index contributed by atoms with van der Waals surface area (Å²) in [6.07, 6.45) is 1.54. The third-order valence-electron chi connectivity index (χ3n) is 6.00. The standard InChI is InChI=1S/C25H24N4O3/c1-32-22-10-6-5-9-18(22)11-12-24(30)28-14-13-20-19(16-28)25(31)29-23(26-20)15-21(27-29)17-7-3-2-4-8-17/h2-10,15,27H,11-14,16H2,1H3. The molecule has 2 aromatic heterocycles. The number of rotatable bonds is 5. The summed E-state index contributed by atoms with van der Waals surface area (Å²) in [5.74, 6) is 0.817. The summed E-state index contributed by atoms with van der Waals surface area (Å²) in [6.45, 7) is 0.852. The van der Waals surface area contributed by atoms with E-state index in [-0.39, 0.29) is 18.0 Å². The molecule has 2 aromatic carbocycles. The number of ether oxygens (including phenoxy) is 1. The van der Waals surface area contributed by atoms with Gasteiger partial charge in [-0.15, -0.1) is 0 Å². The predicted molar refractivity (Wildman–Crippen MR) is 122 cm³/mol. The van der Waals surface area contributed by atoms with E-state index < -0.39 is 0 Å². The van der Waals surface area contributed by atoms with Gasteiger partial charge in [0.15, 0.2) is 5.65 Å². The molecule has 1 aliphatic heterocycles. The monoisotopic (exact) mass is 428 g/mol. The fourth-order valence-electron chi connectivity index (χ4n) is 4.27. The largest absolute Gasteiger partial charge is 0.496 e. The number of aromatic nitrogens is 3. The molecule has 0 bridgehead atoms. The summed E-state index contributed by atoms with van der Waals surface area (Å²) in [4.78, 5) is 32.5. The number of hydrogen-bond acceptors (Lipinski definition) is 4. The van der Waals surface area contributed by atoms with Crippen LogP contribution in [0.4, 0.5) is 0 Å². The maximum Gasteiger partial charge on any atom is 0.277 e. The third kappa shape index (κ3) is 3.66. The van der Waals surface area contributed by atoms with Crippen LogP contribution in [-0.2, 0) is 24.2 Å². The average Bonchev–Trinajstić information content (AvgIpc) is 3.28. The van der Waals surface area contributed by atoms with Crippen LogP contribution in [0.1, 0.15) is 23.2 Å². The molecule has 0 unspecified atom stereocenters. The number of carbonyl (C=O) groups excluding carboxylic acids is 1. The minimum atomic E-state index is -0.144. The zero-order valence-electron chi connectivity index (χ0n) is 17.9. The fourth-order valence-corrected chi connectivity index (χ4v) is 4.27. The van der Waals surface area contributed by atoms with E-state index in [1.807, 2.05) is 60.7 Å². The molecular weight excluding hydrogens is 404 g/mol. The van der Waals surface area contributed by atoms with Crippen LogP contribution < -0.4 is 10.3 Å². The van der Waals surface area contributed by atoms with Crippen LogP contribution in [0.5, 0.6) is 5.75 Å². The first-order chi connectivity index (χ1) is 15.6. The van der Waals surface area contributed by atoms with Gasteiger partial charge in [0.05, 0.1) is 30.6 Å². The highest BCUT2D eigenvalue weighted by Gasteiger charge is 2.25. The van der Waals surface area contributed by atoms with E-state index >= 15 is 0 Å². The molecule has 3 heterocycles. The lowest BCUT2D eigenvalue weighted by atomic mass is 10.0. The molecule has 32 heavy (non-hydrogen) atoms. The molecule has 0 saturated carbocycles. The first kappa shape index (κ1) is 20.1. The molecule has 5 rings (SSSR count). The van der Waals surface area contributed by atoms with Crippen molar-refractivity contribution in [3.05, 3.63) is 87.8 Å². The second-order valence-electron chi connectivity index (χ2n) is 7.95. The van der Waals surface area contributed by atoms with Gasteiger partial charge in [0.2, 0.25) is 5.91 Å². The van der Waals surface area contributed by atoms with Gasteiger partial charge < -0.3 is 9.64 Å². The van der Waals surface area contributed by atoms with Gasteiger partial charge >= 0.3 is 0 Å². The third-order valence-corrected chi connectivity index (χ3v) is 6.00. The van der Waals surface area contributed by atoms with Gasteiger partial charge in [-0.05, 0) is 23.6 Å². The Labute approximate surface area is 185 Å². The van der Waals surface area contributed by atoms with Crippen molar-refractivity contribution in [1.82, 2.24) is 19.5 Å². The molecule has 4 aromatic rings. The van der Waals surface area contributed by atoms with E-state index in [0.29, 0.717) is 37.0 Å². The number of methoxy groups -OCH3 is 1. The topological polar surface area (TPSA) is 79.7 Å². The van der Waals surface area contributed by atoms with Crippen LogP contribution in [0.25, 0.3) is 16.9 Å². The Kier molecular flexibility index (Phi) is 5.23. The van der Waals surface area contributed by atoms with Gasteiger partial charge in [-0.25, -0.2) is 9.50 Å². The minimum Gasteiger partial charge on any atom is -0.496 e. The fraction of sp³-hybridized carbons (Fsp3) is 0.240. The van der Waals surface area contributed by atoms with E-state index in [4.69, 9.17) is 9.72 Å². The molecule has 0 saturated heterocycles. The van der Waals surface area contributed by atoms with Gasteiger partial charge in [0.25, 0.3) is 5.56 Å². The van der Waals surface area contributed by atoms with Crippen LogP contribution in [0.3, 0.4) is 0 Å². The summed E-state index contributed by atoms with van der Waals surface area (Å²) in [7, 11) is 1.63. The Morgan fingerprint density at radius 1 is 1.12 bits per heavy atom. The molecule has 162 valence electrons. The number of nitrogens with zero attached hydrogens (tertiary/aromatic N) is 3. The first-order valence-electron chi connectivity index (χ1n) is 10.7. The van der Waals surface area contributed by atoms with Crippen LogP contribution in [0, 0.1) is 0 Å². The highest BCUT2D eigenvalue weighted by Crippen LogP contribution is 2.22. The molecular formula is C25H24N4O3. The Morgan fingerprint density at radius 2 is 1.91 bits per heavy atom. The number of para-hydroxylation sites is 1. The molecule has 0 radical (unpaired) electrons. The van der Waals surface area contributed by atoms with Gasteiger partial charge in [0.1, 0.15) is 5.75 Å². The molecule has 7 heteroatoms. The van der Waals surface area contributed by atoms with Crippen LogP contribution in [-0.4, -0.2) is 39.1 Å². The van der Waals surface area contributed by atoms with Crippen molar-refractivity contribution < 1.29 is 9.53 Å². The molecule has 0 aliphatic carbocycles. The maximum atomic E-state index is 13.2. The number of fused-ring (bicyclic) bond motifs is 2. The molecule has 7 nitrogen and oxygen atoms in total. The average molecular weight is 428 g/mol. The Hall–Kier alpha value is -3.87. The first-order valence-corrected chi connectivity index (χ1v) is 10.7. The number of aromatic amines is 1. The SMILES string of the molecule is COc1ccccc1CCC(=O)N1CCc2nc3cc(-c4ccccc4)[nH]n3c(=O)c2C1. The van der Waals surface area contributed by atoms with Crippen molar-refractivity contribution in [3.63, 3.8) is 0 Å². The summed E-state index contributed by atoms with van der Waals surface area (Å²) in [5.41, 5.74) is 4.65. The highest BCUT2D eigenvalue weighted by molar-refractivity contribution is 5.77. The summed E-state index contributed by atoms with van der Waals surface area (Å²) in [5, 5.41) is 3.16. The van der Waals surface area contributed by atoms with Gasteiger partial charge in [-0.2, -0.15) is 0 Å². The number of hydrogen-bond donors (Lipinski definition) is 1. The second-order valence-corrected chi connectivity index (χ2v) is 7.95. The van der Waals surface area contributed by atoms with Gasteiger partial charge in [-0.1, -0.05) is 48.5 Å². The van der Waals surface area contributed by atoms with Gasteiger partial charge in [0, 0.05) is 25.5 Å². The lowest BCUT2D eigenvalue weighted by Crippen LogP contribution is -2.40. The Morgan fingerprint density at radius 3 is 2.72 bits per heavy atom. The van der Waals surface area contributed by atoms with Gasteiger partial charge in [-0.3, -0.25) is 14.7 Å². The second kappa shape index (κ2) is 8.34. The van der Waals surface area contributed by atoms with Crippen molar-refractivity contribution in [3.8, 4) is 17.0 Å². The lowest BCUT2D eigenvalue weighted by molar-refractivity contribution is -0.132. The Balaban J connectivity index is 1.37. The number of amides is 1. The number of H-pyrrole nitrogens is 1. The van der Waals surface area contributed by atoms with E-state index in [1.54, 1.807) is 12.0 Å². The van der Waals surface area contributed by atoms with Crippen LogP contribution >= 0.6 is 0 Å². The molecule has 1 N–H and O–H groups in total. The maximum absolute atomic E-state index is 13.2. The quantitative estimate of drug-likeness (QED) is 0.529. The van der Waals surface area contributed by atoms with Crippen molar-refractivity contribution >= 4 is 11.6 Å². The van der Waals surface area contributed by atoms with Crippen molar-refractivity contribution in [2.45, 2.75) is 25.8 Å². The number of benzene rings is 2. The molecule has 1 aliphatic rings. The Bertz CT molecular complexity index is 1340. The predicted octanol–water partition coefficient (Wildman–Crippen LogP) is 3.22. The summed E-state index contributed by atoms with van der Waals surface area (Å²) < 4.78 is 6.86. The normalized spacial score (nSPS) is 13.2. The zero-order chi connectivity index (χ0) is 22.1. The lowest BCUT2D eigenvalue weighted by Gasteiger charge is -2.28. The molecule has 1 amide bonds. The number of aryl methyl sites for hydroxylation is 1. The van der Waals surface area contributed by atoms with Crippen molar-refractivity contribution in [2.24, 2.45) is 0 Å². The summed E-state index contributed by atoms with van der Waals surface area (Å²) >= 11 is 0. The summed E-state index contributed by atoms with van der Waals surface area (Å²) in [6, 6.07) is 19.4. The van der Waals surface area contributed by atoms with Crippen LogP contribution in [0.2, 0.25) is 0 Å². The van der Waals surface area contributed by atoms with Crippen molar-refractivity contribution in [2.75, 3.05) is 13.7 Å². The van der Waals surface area contributed by atoms with Crippen LogP contribution in [0.15, 0.2) is 65.5 Å². The molecule has 0 fully saturated rings. The smallest absolute Gasteiger partial charge is 0.277 e. The molecule has 0 spiro atoms. The van der Waals surface area contributed by atoms with E-state index in [2.05, 4.69) is 5.10 Å². The minimum absolute atomic E-state index is 0.0301. The number of carbonyl (C=O) groups is 1. The van der Waals surface area contributed by atoms with Crippen molar-refractivity contribution in [1.29, 1.82) is 0 Å².